The number of carbonyl (C=O) groups is 1. The smallest absolute Gasteiger partial charge is 0.332 e. The summed E-state index contributed by atoms with van der Waals surface area (Å²) in [5, 5.41) is 1.88. The highest BCUT2D eigenvalue weighted by Gasteiger charge is 2.34. The lowest BCUT2D eigenvalue weighted by Crippen LogP contribution is -2.43. The number of alkyl halides is 3. The summed E-state index contributed by atoms with van der Waals surface area (Å²) in [5.41, 5.74) is 0.535. The summed E-state index contributed by atoms with van der Waals surface area (Å²) in [6, 6.07) is 11.0. The molecule has 200 valence electrons. The van der Waals surface area contributed by atoms with Gasteiger partial charge in [0, 0.05) is 18.0 Å². The Labute approximate surface area is 218 Å². The number of hydrogen-bond acceptors (Lipinski definition) is 4. The van der Waals surface area contributed by atoms with E-state index in [4.69, 9.17) is 0 Å². The molecule has 1 heterocycles. The highest BCUT2D eigenvalue weighted by Crippen LogP contribution is 2.31. The van der Waals surface area contributed by atoms with Gasteiger partial charge in [0.1, 0.15) is 5.82 Å². The van der Waals surface area contributed by atoms with E-state index in [9.17, 15) is 30.8 Å². The van der Waals surface area contributed by atoms with Crippen LogP contribution >= 0.6 is 11.3 Å². The summed E-state index contributed by atoms with van der Waals surface area (Å²) in [7, 11) is -4.42. The molecule has 0 saturated carbocycles. The van der Waals surface area contributed by atoms with Crippen LogP contribution in [0.5, 0.6) is 0 Å². The van der Waals surface area contributed by atoms with Gasteiger partial charge in [-0.3, -0.25) is 4.79 Å². The fourth-order valence-corrected chi connectivity index (χ4v) is 6.19. The van der Waals surface area contributed by atoms with Crippen molar-refractivity contribution in [2.45, 2.75) is 44.9 Å². The van der Waals surface area contributed by atoms with E-state index in [1.165, 1.54) is 28.4 Å². The van der Waals surface area contributed by atoms with Crippen LogP contribution in [0, 0.1) is 18.7 Å². The number of thiophene rings is 1. The minimum atomic E-state index is -4.71. The van der Waals surface area contributed by atoms with Crippen LogP contribution in [0.3, 0.4) is 0 Å². The molecule has 3 rings (SSSR count). The average molecular weight is 557 g/mol. The fourth-order valence-electron chi connectivity index (χ4n) is 3.67. The predicted octanol–water partition coefficient (Wildman–Crippen LogP) is 6.09. The topological polar surface area (TPSA) is 57.7 Å². The molecule has 0 aliphatic rings. The Morgan fingerprint density at radius 1 is 1.03 bits per heavy atom. The van der Waals surface area contributed by atoms with Gasteiger partial charge in [0.2, 0.25) is 15.9 Å². The summed E-state index contributed by atoms with van der Waals surface area (Å²) < 4.78 is 80.9. The minimum absolute atomic E-state index is 0.0628. The Balaban J connectivity index is 1.93. The molecule has 1 aromatic heterocycles. The molecule has 11 heteroatoms. The first-order valence-corrected chi connectivity index (χ1v) is 13.8. The van der Waals surface area contributed by atoms with E-state index in [-0.39, 0.29) is 25.6 Å². The molecule has 0 aliphatic heterocycles. The molecule has 1 amide bonds. The van der Waals surface area contributed by atoms with E-state index in [1.54, 1.807) is 26.0 Å². The van der Waals surface area contributed by atoms with Crippen molar-refractivity contribution in [3.8, 4) is 0 Å². The number of rotatable bonds is 10. The molecule has 0 unspecified atom stereocenters. The molecular weight excluding hydrogens is 528 g/mol. The number of carbonyl (C=O) groups excluding carboxylic acids is 1. The molecule has 0 atom stereocenters. The summed E-state index contributed by atoms with van der Waals surface area (Å²) >= 11 is 1.45. The van der Waals surface area contributed by atoms with Gasteiger partial charge in [0.25, 0.3) is 0 Å². The van der Waals surface area contributed by atoms with Crippen molar-refractivity contribution < 1.29 is 30.8 Å². The van der Waals surface area contributed by atoms with Crippen LogP contribution in [0.25, 0.3) is 0 Å². The number of aryl methyl sites for hydroxylation is 1. The summed E-state index contributed by atoms with van der Waals surface area (Å²) in [6.07, 6.45) is -4.71. The van der Waals surface area contributed by atoms with Gasteiger partial charge in [0.05, 0.1) is 23.5 Å². The van der Waals surface area contributed by atoms with Crippen LogP contribution in [-0.4, -0.2) is 36.6 Å². The van der Waals surface area contributed by atoms with Crippen LogP contribution in [-0.2, 0) is 34.1 Å². The van der Waals surface area contributed by atoms with Crippen molar-refractivity contribution in [2.24, 2.45) is 5.92 Å². The van der Waals surface area contributed by atoms with Crippen LogP contribution < -0.4 is 0 Å². The first-order valence-electron chi connectivity index (χ1n) is 11.5. The van der Waals surface area contributed by atoms with Gasteiger partial charge >= 0.3 is 6.18 Å². The molecule has 0 fully saturated rings. The summed E-state index contributed by atoms with van der Waals surface area (Å²) in [6.45, 7) is 5.11. The second-order valence-electron chi connectivity index (χ2n) is 9.12. The third-order valence-corrected chi connectivity index (χ3v) is 8.44. The Kier molecular flexibility index (Phi) is 9.14. The van der Waals surface area contributed by atoms with Crippen LogP contribution in [0.4, 0.5) is 17.6 Å². The Morgan fingerprint density at radius 3 is 2.27 bits per heavy atom. The molecule has 2 aromatic carbocycles. The van der Waals surface area contributed by atoms with Crippen LogP contribution in [0.2, 0.25) is 0 Å². The molecule has 0 spiro atoms. The first-order chi connectivity index (χ1) is 17.3. The number of hydrogen-bond donors (Lipinski definition) is 0. The maximum atomic E-state index is 13.5. The normalized spacial score (nSPS) is 12.4. The Bertz CT molecular complexity index is 1320. The van der Waals surface area contributed by atoms with E-state index < -0.39 is 44.9 Å². The largest absolute Gasteiger partial charge is 0.416 e. The zero-order valence-electron chi connectivity index (χ0n) is 20.6. The molecule has 3 aromatic rings. The third kappa shape index (κ3) is 7.62. The van der Waals surface area contributed by atoms with E-state index in [1.807, 2.05) is 18.4 Å². The standard InChI is InChI=1S/C26H28F4N2O3S2/c1-18(2)14-32(37(34,35)23-6-4-5-21(13-23)26(28,29)30)17-25(33)31(16-24-19(3)11-12-36-24)15-20-7-9-22(27)10-8-20/h4-13,18H,14-17H2,1-3H3. The van der Waals surface area contributed by atoms with Gasteiger partial charge in [-0.25, -0.2) is 12.8 Å². The molecule has 0 N–H and O–H groups in total. The average Bonchev–Trinajstić information content (AvgIpc) is 3.23. The van der Waals surface area contributed by atoms with Gasteiger partial charge in [-0.15, -0.1) is 11.3 Å². The lowest BCUT2D eigenvalue weighted by Gasteiger charge is -2.28. The van der Waals surface area contributed by atoms with Crippen molar-refractivity contribution >= 4 is 27.3 Å². The van der Waals surface area contributed by atoms with Gasteiger partial charge < -0.3 is 4.90 Å². The second-order valence-corrected chi connectivity index (χ2v) is 12.1. The van der Waals surface area contributed by atoms with Crippen molar-refractivity contribution in [1.29, 1.82) is 0 Å². The maximum Gasteiger partial charge on any atom is 0.416 e. The van der Waals surface area contributed by atoms with Gasteiger partial charge in [0.15, 0.2) is 0 Å². The fraction of sp³-hybridized carbons (Fsp3) is 0.346. The zero-order chi connectivity index (χ0) is 27.4. The number of amides is 1. The van der Waals surface area contributed by atoms with Gasteiger partial charge in [-0.2, -0.15) is 17.5 Å². The number of nitrogens with zero attached hydrogens (tertiary/aromatic N) is 2. The molecule has 0 aliphatic carbocycles. The lowest BCUT2D eigenvalue weighted by molar-refractivity contribution is -0.137. The third-order valence-electron chi connectivity index (χ3n) is 5.62. The first kappa shape index (κ1) is 28.8. The minimum Gasteiger partial charge on any atom is -0.332 e. The van der Waals surface area contributed by atoms with Crippen molar-refractivity contribution in [3.63, 3.8) is 0 Å². The van der Waals surface area contributed by atoms with Gasteiger partial charge in [-0.05, 0) is 65.7 Å². The Hall–Kier alpha value is -2.76. The molecular formula is C26H28F4N2O3S2. The quantitative estimate of drug-likeness (QED) is 0.284. The van der Waals surface area contributed by atoms with E-state index >= 15 is 0 Å². The van der Waals surface area contributed by atoms with Crippen molar-refractivity contribution in [1.82, 2.24) is 9.21 Å². The van der Waals surface area contributed by atoms with Crippen molar-refractivity contribution in [3.05, 3.63) is 87.4 Å². The van der Waals surface area contributed by atoms with Crippen LogP contribution in [0.1, 0.15) is 35.4 Å². The maximum absolute atomic E-state index is 13.5. The number of sulfonamides is 1. The second kappa shape index (κ2) is 11.7. The monoisotopic (exact) mass is 556 g/mol. The van der Waals surface area contributed by atoms with E-state index in [0.29, 0.717) is 11.6 Å². The highest BCUT2D eigenvalue weighted by molar-refractivity contribution is 7.89. The Morgan fingerprint density at radius 2 is 1.70 bits per heavy atom. The van der Waals surface area contributed by atoms with Gasteiger partial charge in [-0.1, -0.05) is 32.0 Å². The van der Waals surface area contributed by atoms with E-state index in [0.717, 1.165) is 32.9 Å². The zero-order valence-corrected chi connectivity index (χ0v) is 22.3. The molecule has 37 heavy (non-hydrogen) atoms. The number of benzene rings is 2. The van der Waals surface area contributed by atoms with Crippen molar-refractivity contribution in [2.75, 3.05) is 13.1 Å². The summed E-state index contributed by atoms with van der Waals surface area (Å²) in [5.74, 6) is -1.14. The molecule has 5 nitrogen and oxygen atoms in total. The van der Waals surface area contributed by atoms with Crippen LogP contribution in [0.15, 0.2) is 64.9 Å². The molecule has 0 saturated heterocycles. The number of halogens is 4. The predicted molar refractivity (Wildman–Crippen MR) is 135 cm³/mol. The SMILES string of the molecule is Cc1ccsc1CN(Cc1ccc(F)cc1)C(=O)CN(CC(C)C)S(=O)(=O)c1cccc(C(F)(F)F)c1. The highest BCUT2D eigenvalue weighted by atomic mass is 32.2. The molecule has 0 bridgehead atoms. The summed E-state index contributed by atoms with van der Waals surface area (Å²) in [4.78, 5) is 15.4. The molecule has 0 radical (unpaired) electrons. The van der Waals surface area contributed by atoms with E-state index in [2.05, 4.69) is 0 Å². The lowest BCUT2D eigenvalue weighted by atomic mass is 10.2.